The van der Waals surface area contributed by atoms with E-state index in [0.29, 0.717) is 18.0 Å². The molecule has 1 aliphatic heterocycles. The first kappa shape index (κ1) is 16.6. The van der Waals surface area contributed by atoms with E-state index in [1.54, 1.807) is 4.90 Å². The van der Waals surface area contributed by atoms with Crippen LogP contribution in [-0.4, -0.2) is 34.4 Å². The highest BCUT2D eigenvalue weighted by atomic mass is 32.1. The normalized spacial score (nSPS) is 19.9. The van der Waals surface area contributed by atoms with Crippen molar-refractivity contribution in [1.82, 2.24) is 4.90 Å². The summed E-state index contributed by atoms with van der Waals surface area (Å²) in [6.45, 7) is 4.70. The van der Waals surface area contributed by atoms with Crippen molar-refractivity contribution in [3.63, 3.8) is 0 Å². The summed E-state index contributed by atoms with van der Waals surface area (Å²) in [5.74, 6) is -0.192. The van der Waals surface area contributed by atoms with E-state index in [2.05, 4.69) is 0 Å². The number of carbonyl (C=O) groups is 1. The van der Waals surface area contributed by atoms with Gasteiger partial charge in [0, 0.05) is 6.07 Å². The summed E-state index contributed by atoms with van der Waals surface area (Å²) in [5, 5.41) is 10.8. The van der Waals surface area contributed by atoms with Crippen molar-refractivity contribution in [3.05, 3.63) is 63.0 Å². The van der Waals surface area contributed by atoms with Gasteiger partial charge in [-0.3, -0.25) is 14.9 Å². The molecule has 24 heavy (non-hydrogen) atoms. The molecule has 3 rings (SSSR count). The van der Waals surface area contributed by atoms with Crippen LogP contribution in [0, 0.1) is 10.1 Å². The number of hydrogen-bond acceptors (Lipinski definition) is 5. The Balaban J connectivity index is 1.85. The van der Waals surface area contributed by atoms with Gasteiger partial charge in [0.05, 0.1) is 28.5 Å². The zero-order chi connectivity index (χ0) is 17.3. The molecule has 1 aliphatic rings. The van der Waals surface area contributed by atoms with Gasteiger partial charge in [-0.25, -0.2) is 0 Å². The summed E-state index contributed by atoms with van der Waals surface area (Å²) >= 11 is 0.909. The molecule has 126 valence electrons. The van der Waals surface area contributed by atoms with E-state index in [9.17, 15) is 14.9 Å². The van der Waals surface area contributed by atoms with Crippen molar-refractivity contribution < 1.29 is 14.5 Å². The van der Waals surface area contributed by atoms with Crippen molar-refractivity contribution in [3.8, 4) is 0 Å². The van der Waals surface area contributed by atoms with Crippen molar-refractivity contribution >= 4 is 22.2 Å². The minimum absolute atomic E-state index is 0.0241. The predicted molar refractivity (Wildman–Crippen MR) is 91.2 cm³/mol. The quantitative estimate of drug-likeness (QED) is 0.628. The number of rotatable bonds is 3. The van der Waals surface area contributed by atoms with E-state index in [-0.39, 0.29) is 17.0 Å². The largest absolute Gasteiger partial charge is 0.369 e. The maximum atomic E-state index is 12.9. The zero-order valence-electron chi connectivity index (χ0n) is 13.5. The summed E-state index contributed by atoms with van der Waals surface area (Å²) in [6.07, 6.45) is -0.196. The Hall–Kier alpha value is -2.25. The van der Waals surface area contributed by atoms with Crippen LogP contribution in [0.5, 0.6) is 0 Å². The van der Waals surface area contributed by atoms with Gasteiger partial charge in [0.2, 0.25) is 0 Å². The Morgan fingerprint density at radius 2 is 2.00 bits per heavy atom. The molecule has 0 saturated carbocycles. The molecular formula is C17H18N2O4S. The standard InChI is InChI=1S/C17H18N2O4S/c1-17(2)11-23-13(12-6-4-3-5-7-12)10-18(17)16(20)14-8-9-15(24-14)19(21)22/h3-9,13H,10-11H2,1-2H3. The Bertz CT molecular complexity index is 757. The Labute approximate surface area is 143 Å². The fraction of sp³-hybridized carbons (Fsp3) is 0.353. The molecule has 1 saturated heterocycles. The number of nitrogens with zero attached hydrogens (tertiary/aromatic N) is 2. The molecule has 1 aromatic heterocycles. The number of amides is 1. The number of ether oxygens (including phenoxy) is 1. The third kappa shape index (κ3) is 3.18. The van der Waals surface area contributed by atoms with Gasteiger partial charge in [0.25, 0.3) is 5.91 Å². The van der Waals surface area contributed by atoms with Crippen LogP contribution in [0.1, 0.15) is 35.2 Å². The lowest BCUT2D eigenvalue weighted by molar-refractivity contribution is -0.380. The second kappa shape index (κ2) is 6.33. The van der Waals surface area contributed by atoms with Crippen LogP contribution in [0.2, 0.25) is 0 Å². The summed E-state index contributed by atoms with van der Waals surface area (Å²) in [6, 6.07) is 12.7. The molecule has 2 aromatic rings. The van der Waals surface area contributed by atoms with Crippen LogP contribution >= 0.6 is 11.3 Å². The van der Waals surface area contributed by atoms with Crippen molar-refractivity contribution in [2.75, 3.05) is 13.2 Å². The van der Waals surface area contributed by atoms with E-state index >= 15 is 0 Å². The van der Waals surface area contributed by atoms with E-state index < -0.39 is 10.5 Å². The maximum absolute atomic E-state index is 12.9. The maximum Gasteiger partial charge on any atom is 0.324 e. The lowest BCUT2D eigenvalue weighted by Gasteiger charge is -2.45. The summed E-state index contributed by atoms with van der Waals surface area (Å²) in [7, 11) is 0. The molecule has 1 aromatic carbocycles. The molecule has 0 spiro atoms. The molecule has 7 heteroatoms. The van der Waals surface area contributed by atoms with Crippen LogP contribution in [-0.2, 0) is 4.74 Å². The van der Waals surface area contributed by atoms with Gasteiger partial charge in [0.15, 0.2) is 0 Å². The predicted octanol–water partition coefficient (Wildman–Crippen LogP) is 3.65. The fourth-order valence-electron chi connectivity index (χ4n) is 2.75. The van der Waals surface area contributed by atoms with Gasteiger partial charge in [-0.15, -0.1) is 0 Å². The third-order valence-electron chi connectivity index (χ3n) is 4.12. The van der Waals surface area contributed by atoms with Crippen LogP contribution in [0.4, 0.5) is 5.00 Å². The molecule has 1 fully saturated rings. The monoisotopic (exact) mass is 346 g/mol. The SMILES string of the molecule is CC1(C)COC(c2ccccc2)CN1C(=O)c1ccc([N+](=O)[O-])s1. The molecule has 1 atom stereocenters. The lowest BCUT2D eigenvalue weighted by atomic mass is 9.98. The first-order valence-corrected chi connectivity index (χ1v) is 8.43. The molecule has 6 nitrogen and oxygen atoms in total. The second-order valence-corrected chi connectivity index (χ2v) is 7.40. The lowest BCUT2D eigenvalue weighted by Crippen LogP contribution is -2.56. The van der Waals surface area contributed by atoms with Gasteiger partial charge < -0.3 is 9.64 Å². The van der Waals surface area contributed by atoms with Crippen molar-refractivity contribution in [2.45, 2.75) is 25.5 Å². The average molecular weight is 346 g/mol. The Kier molecular flexibility index (Phi) is 4.38. The first-order valence-electron chi connectivity index (χ1n) is 7.61. The first-order chi connectivity index (χ1) is 11.4. The van der Waals surface area contributed by atoms with E-state index in [0.717, 1.165) is 16.9 Å². The van der Waals surface area contributed by atoms with E-state index in [1.165, 1.54) is 12.1 Å². The summed E-state index contributed by atoms with van der Waals surface area (Å²) in [4.78, 5) is 25.4. The molecule has 0 N–H and O–H groups in total. The summed E-state index contributed by atoms with van der Waals surface area (Å²) in [5.41, 5.74) is 0.546. The third-order valence-corrected chi connectivity index (χ3v) is 5.14. The van der Waals surface area contributed by atoms with Gasteiger partial charge in [-0.1, -0.05) is 41.7 Å². The zero-order valence-corrected chi connectivity index (χ0v) is 14.3. The molecule has 1 amide bonds. The average Bonchev–Trinajstić information content (AvgIpc) is 3.05. The highest BCUT2D eigenvalue weighted by molar-refractivity contribution is 7.17. The topological polar surface area (TPSA) is 72.7 Å². The van der Waals surface area contributed by atoms with Crippen molar-refractivity contribution in [2.24, 2.45) is 0 Å². The van der Waals surface area contributed by atoms with Crippen molar-refractivity contribution in [1.29, 1.82) is 0 Å². The number of benzene rings is 1. The highest BCUT2D eigenvalue weighted by Gasteiger charge is 2.39. The van der Waals surface area contributed by atoms with E-state index in [1.807, 2.05) is 44.2 Å². The van der Waals surface area contributed by atoms with Crippen LogP contribution in [0.25, 0.3) is 0 Å². The van der Waals surface area contributed by atoms with Crippen LogP contribution in [0.3, 0.4) is 0 Å². The molecular weight excluding hydrogens is 328 g/mol. The second-order valence-electron chi connectivity index (χ2n) is 6.33. The van der Waals surface area contributed by atoms with Gasteiger partial charge in [0.1, 0.15) is 6.10 Å². The number of nitro groups is 1. The molecule has 0 bridgehead atoms. The fourth-order valence-corrected chi connectivity index (χ4v) is 3.52. The minimum atomic E-state index is -0.474. The summed E-state index contributed by atoms with van der Waals surface area (Å²) < 4.78 is 5.94. The van der Waals surface area contributed by atoms with Gasteiger partial charge in [-0.2, -0.15) is 0 Å². The number of hydrogen-bond donors (Lipinski definition) is 0. The molecule has 2 heterocycles. The van der Waals surface area contributed by atoms with Crippen LogP contribution in [0.15, 0.2) is 42.5 Å². The number of carbonyl (C=O) groups excluding carboxylic acids is 1. The number of morpholine rings is 1. The smallest absolute Gasteiger partial charge is 0.324 e. The number of thiophene rings is 1. The Morgan fingerprint density at radius 3 is 2.62 bits per heavy atom. The molecule has 0 radical (unpaired) electrons. The van der Waals surface area contributed by atoms with Crippen LogP contribution < -0.4 is 0 Å². The van der Waals surface area contributed by atoms with Gasteiger partial charge >= 0.3 is 5.00 Å². The Morgan fingerprint density at radius 1 is 1.29 bits per heavy atom. The van der Waals surface area contributed by atoms with E-state index in [4.69, 9.17) is 4.74 Å². The highest BCUT2D eigenvalue weighted by Crippen LogP contribution is 2.33. The minimum Gasteiger partial charge on any atom is -0.369 e. The molecule has 1 unspecified atom stereocenters. The molecule has 0 aliphatic carbocycles. The van der Waals surface area contributed by atoms with Gasteiger partial charge in [-0.05, 0) is 25.5 Å².